The zero-order chi connectivity index (χ0) is 22.8. The summed E-state index contributed by atoms with van der Waals surface area (Å²) >= 11 is 0. The zero-order valence-corrected chi connectivity index (χ0v) is 19.9. The standard InChI is InChI=1S/C30H38O2/c1-5-9-11-13-19-31-29-25-17-15-24(8-4)22-28(25)30(32-20-14-12-10-6-2)26-18-16-23(7-3)21-27(26)29/h5-6,15-18,21-22H,1-2,7-14,19-20H2,3-4H3. The molecule has 0 aliphatic carbocycles. The first kappa shape index (κ1) is 23.9. The normalized spacial score (nSPS) is 11.1. The molecule has 0 spiro atoms. The van der Waals surface area contributed by atoms with Crippen molar-refractivity contribution in [1.82, 2.24) is 0 Å². The Balaban J connectivity index is 2.08. The average molecular weight is 431 g/mol. The average Bonchev–Trinajstić information content (AvgIpc) is 2.83. The first-order chi connectivity index (χ1) is 15.7. The Bertz CT molecular complexity index is 962. The van der Waals surface area contributed by atoms with Crippen molar-refractivity contribution in [3.05, 3.63) is 72.8 Å². The van der Waals surface area contributed by atoms with Gasteiger partial charge < -0.3 is 9.47 Å². The molecule has 0 heterocycles. The van der Waals surface area contributed by atoms with Gasteiger partial charge in [-0.2, -0.15) is 0 Å². The number of allylic oxidation sites excluding steroid dienone is 2. The topological polar surface area (TPSA) is 18.5 Å². The molecular formula is C30H38O2. The summed E-state index contributed by atoms with van der Waals surface area (Å²) in [5.74, 6) is 1.98. The summed E-state index contributed by atoms with van der Waals surface area (Å²) in [6.07, 6.45) is 12.3. The predicted octanol–water partition coefficient (Wildman–Crippen LogP) is 8.59. The minimum Gasteiger partial charge on any atom is -0.492 e. The van der Waals surface area contributed by atoms with Gasteiger partial charge in [0.25, 0.3) is 0 Å². The van der Waals surface area contributed by atoms with Crippen LogP contribution >= 0.6 is 0 Å². The predicted molar refractivity (Wildman–Crippen MR) is 139 cm³/mol. The minimum absolute atomic E-state index is 0.714. The maximum absolute atomic E-state index is 6.46. The monoisotopic (exact) mass is 430 g/mol. The van der Waals surface area contributed by atoms with Crippen molar-refractivity contribution in [2.75, 3.05) is 13.2 Å². The molecule has 0 aliphatic rings. The largest absolute Gasteiger partial charge is 0.492 e. The van der Waals surface area contributed by atoms with Crippen LogP contribution in [0.3, 0.4) is 0 Å². The van der Waals surface area contributed by atoms with E-state index in [0.717, 1.165) is 84.4 Å². The van der Waals surface area contributed by atoms with Crippen molar-refractivity contribution in [1.29, 1.82) is 0 Å². The molecule has 0 saturated carbocycles. The minimum atomic E-state index is 0.714. The van der Waals surface area contributed by atoms with Gasteiger partial charge in [0.2, 0.25) is 0 Å². The highest BCUT2D eigenvalue weighted by Crippen LogP contribution is 2.44. The first-order valence-corrected chi connectivity index (χ1v) is 12.2. The molecule has 0 amide bonds. The Kier molecular flexibility index (Phi) is 9.22. The van der Waals surface area contributed by atoms with Gasteiger partial charge >= 0.3 is 0 Å². The number of ether oxygens (including phenoxy) is 2. The van der Waals surface area contributed by atoms with Gasteiger partial charge in [-0.3, -0.25) is 0 Å². The highest BCUT2D eigenvalue weighted by atomic mass is 16.5. The lowest BCUT2D eigenvalue weighted by atomic mass is 9.96. The molecule has 0 bridgehead atoms. The molecule has 0 N–H and O–H groups in total. The molecule has 32 heavy (non-hydrogen) atoms. The fourth-order valence-corrected chi connectivity index (χ4v) is 4.13. The second-order valence-electron chi connectivity index (χ2n) is 8.39. The van der Waals surface area contributed by atoms with Gasteiger partial charge in [-0.15, -0.1) is 13.2 Å². The van der Waals surface area contributed by atoms with Gasteiger partial charge in [-0.05, 0) is 74.6 Å². The van der Waals surface area contributed by atoms with Gasteiger partial charge in [0, 0.05) is 21.5 Å². The summed E-state index contributed by atoms with van der Waals surface area (Å²) in [4.78, 5) is 0. The van der Waals surface area contributed by atoms with Crippen molar-refractivity contribution < 1.29 is 9.47 Å². The fourth-order valence-electron chi connectivity index (χ4n) is 4.13. The summed E-state index contributed by atoms with van der Waals surface area (Å²) in [5.41, 5.74) is 2.63. The van der Waals surface area contributed by atoms with Crippen LogP contribution in [0, 0.1) is 0 Å². The molecule has 3 aromatic carbocycles. The first-order valence-electron chi connectivity index (χ1n) is 12.2. The molecule has 0 aliphatic heterocycles. The van der Waals surface area contributed by atoms with E-state index in [1.807, 2.05) is 12.2 Å². The molecule has 3 rings (SSSR count). The van der Waals surface area contributed by atoms with Crippen molar-refractivity contribution in [2.24, 2.45) is 0 Å². The highest BCUT2D eigenvalue weighted by molar-refractivity contribution is 6.11. The zero-order valence-electron chi connectivity index (χ0n) is 19.9. The molecule has 0 atom stereocenters. The molecule has 2 nitrogen and oxygen atoms in total. The van der Waals surface area contributed by atoms with Crippen LogP contribution in [0.25, 0.3) is 21.5 Å². The number of hydrogen-bond donors (Lipinski definition) is 0. The Hall–Kier alpha value is -2.74. The van der Waals surface area contributed by atoms with Crippen molar-refractivity contribution >= 4 is 21.5 Å². The molecule has 0 fully saturated rings. The maximum Gasteiger partial charge on any atom is 0.135 e. The number of rotatable bonds is 14. The number of unbranched alkanes of at least 4 members (excludes halogenated alkanes) is 4. The van der Waals surface area contributed by atoms with E-state index in [4.69, 9.17) is 9.47 Å². The van der Waals surface area contributed by atoms with Crippen LogP contribution in [0.1, 0.15) is 63.5 Å². The second-order valence-corrected chi connectivity index (χ2v) is 8.39. The quantitative estimate of drug-likeness (QED) is 0.145. The number of benzene rings is 3. The van der Waals surface area contributed by atoms with E-state index >= 15 is 0 Å². The molecular weight excluding hydrogens is 392 g/mol. The lowest BCUT2D eigenvalue weighted by Crippen LogP contribution is -2.03. The Morgan fingerprint density at radius 2 is 1.06 bits per heavy atom. The molecule has 3 aromatic rings. The lowest BCUT2D eigenvalue weighted by molar-refractivity contribution is 0.309. The Morgan fingerprint density at radius 1 is 0.625 bits per heavy atom. The van der Waals surface area contributed by atoms with E-state index in [1.165, 1.54) is 11.1 Å². The summed E-state index contributed by atoms with van der Waals surface area (Å²) < 4.78 is 12.9. The van der Waals surface area contributed by atoms with Crippen LogP contribution in [0.4, 0.5) is 0 Å². The van der Waals surface area contributed by atoms with Crippen LogP contribution in [-0.4, -0.2) is 13.2 Å². The van der Waals surface area contributed by atoms with Crippen molar-refractivity contribution in [3.63, 3.8) is 0 Å². The van der Waals surface area contributed by atoms with Crippen LogP contribution in [0.2, 0.25) is 0 Å². The van der Waals surface area contributed by atoms with Crippen LogP contribution in [0.15, 0.2) is 61.7 Å². The van der Waals surface area contributed by atoms with E-state index in [2.05, 4.69) is 63.4 Å². The van der Waals surface area contributed by atoms with E-state index in [-0.39, 0.29) is 0 Å². The van der Waals surface area contributed by atoms with E-state index in [0.29, 0.717) is 13.2 Å². The molecule has 0 unspecified atom stereocenters. The Morgan fingerprint density at radius 3 is 1.44 bits per heavy atom. The third-order valence-corrected chi connectivity index (χ3v) is 6.06. The Labute approximate surface area is 193 Å². The van der Waals surface area contributed by atoms with Crippen molar-refractivity contribution in [3.8, 4) is 11.5 Å². The number of hydrogen-bond acceptors (Lipinski definition) is 2. The number of fused-ring (bicyclic) bond motifs is 2. The molecule has 0 saturated heterocycles. The van der Waals surface area contributed by atoms with Crippen LogP contribution in [0.5, 0.6) is 11.5 Å². The van der Waals surface area contributed by atoms with Crippen molar-refractivity contribution in [2.45, 2.75) is 65.2 Å². The third kappa shape index (κ3) is 5.73. The summed E-state index contributed by atoms with van der Waals surface area (Å²) in [6, 6.07) is 13.4. The summed E-state index contributed by atoms with van der Waals surface area (Å²) in [7, 11) is 0. The number of aryl methyl sites for hydroxylation is 2. The van der Waals surface area contributed by atoms with Crippen LogP contribution in [-0.2, 0) is 12.8 Å². The van der Waals surface area contributed by atoms with E-state index in [1.54, 1.807) is 0 Å². The van der Waals surface area contributed by atoms with E-state index in [9.17, 15) is 0 Å². The summed E-state index contributed by atoms with van der Waals surface area (Å²) in [6.45, 7) is 13.5. The van der Waals surface area contributed by atoms with Gasteiger partial charge in [-0.25, -0.2) is 0 Å². The molecule has 0 aromatic heterocycles. The van der Waals surface area contributed by atoms with Crippen LogP contribution < -0.4 is 9.47 Å². The lowest BCUT2D eigenvalue weighted by Gasteiger charge is -2.19. The smallest absolute Gasteiger partial charge is 0.135 e. The summed E-state index contributed by atoms with van der Waals surface area (Å²) in [5, 5.41) is 4.61. The molecule has 170 valence electrons. The maximum atomic E-state index is 6.46. The molecule has 2 heteroatoms. The van der Waals surface area contributed by atoms with E-state index < -0.39 is 0 Å². The van der Waals surface area contributed by atoms with Gasteiger partial charge in [0.15, 0.2) is 0 Å². The third-order valence-electron chi connectivity index (χ3n) is 6.06. The highest BCUT2D eigenvalue weighted by Gasteiger charge is 2.17. The van der Waals surface area contributed by atoms with Gasteiger partial charge in [-0.1, -0.05) is 50.3 Å². The van der Waals surface area contributed by atoms with Gasteiger partial charge in [0.1, 0.15) is 11.5 Å². The fraction of sp³-hybridized carbons (Fsp3) is 0.400. The second kappa shape index (κ2) is 12.3. The van der Waals surface area contributed by atoms with Gasteiger partial charge in [0.05, 0.1) is 13.2 Å². The molecule has 0 radical (unpaired) electrons. The SMILES string of the molecule is C=CCCCCOc1c2ccc(CC)cc2c(OCCCCC=C)c2ccc(CC)cc12.